The maximum absolute atomic E-state index is 11.5. The molecule has 2 N–H and O–H groups in total. The summed E-state index contributed by atoms with van der Waals surface area (Å²) in [6.45, 7) is 2.33. The summed E-state index contributed by atoms with van der Waals surface area (Å²) in [6.07, 6.45) is 8.91. The molecule has 5 nitrogen and oxygen atoms in total. The fraction of sp³-hybridized carbons (Fsp3) is 0.867. The number of carbonyl (C=O) groups excluding carboxylic acids is 1. The molecular formula is C15H26N2O3. The maximum atomic E-state index is 11.5. The standard InChI is InChI=1S/C15H26N2O3/c1-11-13(14(18)16-11)17(15(19)20)10-6-5-9-12-7-3-2-4-8-12/h11-13H,2-10H2,1H3,(H,16,18)(H,19,20)/t11-,13-/m1/s1. The normalized spacial score (nSPS) is 26.8. The van der Waals surface area contributed by atoms with Gasteiger partial charge >= 0.3 is 6.09 Å². The summed E-state index contributed by atoms with van der Waals surface area (Å²) in [4.78, 5) is 24.0. The van der Waals surface area contributed by atoms with Gasteiger partial charge in [-0.25, -0.2) is 4.79 Å². The van der Waals surface area contributed by atoms with Crippen LogP contribution in [-0.2, 0) is 4.79 Å². The lowest BCUT2D eigenvalue weighted by Gasteiger charge is -2.40. The summed E-state index contributed by atoms with van der Waals surface area (Å²) in [6, 6.07) is -0.542. The van der Waals surface area contributed by atoms with Crippen molar-refractivity contribution in [2.45, 2.75) is 70.4 Å². The van der Waals surface area contributed by atoms with Crippen LogP contribution in [-0.4, -0.2) is 40.6 Å². The molecule has 1 saturated heterocycles. The van der Waals surface area contributed by atoms with Crippen molar-refractivity contribution in [1.82, 2.24) is 10.2 Å². The first-order chi connectivity index (χ1) is 9.59. The Bertz CT molecular complexity index is 353. The van der Waals surface area contributed by atoms with Crippen molar-refractivity contribution in [2.75, 3.05) is 6.54 Å². The van der Waals surface area contributed by atoms with Crippen molar-refractivity contribution >= 4 is 12.0 Å². The topological polar surface area (TPSA) is 69.6 Å². The van der Waals surface area contributed by atoms with Crippen LogP contribution in [0.25, 0.3) is 0 Å². The van der Waals surface area contributed by atoms with E-state index in [2.05, 4.69) is 5.32 Å². The molecule has 114 valence electrons. The summed E-state index contributed by atoms with van der Waals surface area (Å²) in [5, 5.41) is 11.9. The third kappa shape index (κ3) is 3.64. The fourth-order valence-corrected chi connectivity index (χ4v) is 3.48. The Kier molecular flexibility index (Phi) is 5.26. The minimum absolute atomic E-state index is 0.0584. The Morgan fingerprint density at radius 3 is 2.55 bits per heavy atom. The minimum Gasteiger partial charge on any atom is -0.465 e. The smallest absolute Gasteiger partial charge is 0.408 e. The Morgan fingerprint density at radius 1 is 1.30 bits per heavy atom. The molecule has 0 bridgehead atoms. The van der Waals surface area contributed by atoms with Crippen molar-refractivity contribution in [3.63, 3.8) is 0 Å². The van der Waals surface area contributed by atoms with Gasteiger partial charge in [-0.3, -0.25) is 9.69 Å². The lowest BCUT2D eigenvalue weighted by molar-refractivity contribution is -0.135. The van der Waals surface area contributed by atoms with Crippen LogP contribution >= 0.6 is 0 Å². The lowest BCUT2D eigenvalue weighted by Crippen LogP contribution is -2.68. The molecule has 1 aliphatic heterocycles. The zero-order valence-corrected chi connectivity index (χ0v) is 12.3. The number of nitrogens with zero attached hydrogens (tertiary/aromatic N) is 1. The second-order valence-corrected chi connectivity index (χ2v) is 6.22. The van der Waals surface area contributed by atoms with Crippen molar-refractivity contribution in [3.05, 3.63) is 0 Å². The molecule has 0 unspecified atom stereocenters. The first-order valence-corrected chi connectivity index (χ1v) is 7.89. The molecule has 2 atom stereocenters. The predicted molar refractivity (Wildman–Crippen MR) is 76.5 cm³/mol. The highest BCUT2D eigenvalue weighted by Gasteiger charge is 2.42. The number of β-lactam (4-membered cyclic amide) rings is 1. The molecule has 5 heteroatoms. The molecule has 0 aromatic carbocycles. The summed E-state index contributed by atoms with van der Waals surface area (Å²) in [5.41, 5.74) is 0. The molecule has 0 radical (unpaired) electrons. The van der Waals surface area contributed by atoms with Crippen LogP contribution in [0.5, 0.6) is 0 Å². The molecule has 2 fully saturated rings. The average molecular weight is 282 g/mol. The summed E-state index contributed by atoms with van der Waals surface area (Å²) in [7, 11) is 0. The summed E-state index contributed by atoms with van der Waals surface area (Å²) in [5.74, 6) is 0.681. The van der Waals surface area contributed by atoms with E-state index in [1.807, 2.05) is 6.92 Å². The van der Waals surface area contributed by atoms with E-state index in [4.69, 9.17) is 0 Å². The number of rotatable bonds is 6. The average Bonchev–Trinajstić information content (AvgIpc) is 2.43. The number of amides is 2. The molecular weight excluding hydrogens is 256 g/mol. The number of unbranched alkanes of at least 4 members (excludes halogenated alkanes) is 1. The van der Waals surface area contributed by atoms with Gasteiger partial charge in [0.05, 0.1) is 6.04 Å². The van der Waals surface area contributed by atoms with E-state index in [0.29, 0.717) is 6.54 Å². The number of hydrogen-bond donors (Lipinski definition) is 2. The second kappa shape index (κ2) is 6.95. The second-order valence-electron chi connectivity index (χ2n) is 6.22. The van der Waals surface area contributed by atoms with Gasteiger partial charge in [-0.15, -0.1) is 0 Å². The van der Waals surface area contributed by atoms with Gasteiger partial charge in [0.25, 0.3) is 0 Å². The molecule has 0 aromatic rings. The molecule has 1 saturated carbocycles. The number of nitrogens with one attached hydrogen (secondary N) is 1. The molecule has 0 aromatic heterocycles. The zero-order chi connectivity index (χ0) is 14.5. The van der Waals surface area contributed by atoms with Crippen LogP contribution in [0.3, 0.4) is 0 Å². The largest absolute Gasteiger partial charge is 0.465 e. The Morgan fingerprint density at radius 2 is 2.00 bits per heavy atom. The first-order valence-electron chi connectivity index (χ1n) is 7.89. The van der Waals surface area contributed by atoms with Crippen molar-refractivity contribution in [3.8, 4) is 0 Å². The van der Waals surface area contributed by atoms with E-state index in [9.17, 15) is 14.7 Å². The zero-order valence-electron chi connectivity index (χ0n) is 12.3. The fourth-order valence-electron chi connectivity index (χ4n) is 3.48. The Balaban J connectivity index is 1.70. The van der Waals surface area contributed by atoms with E-state index in [1.54, 1.807) is 0 Å². The Hall–Kier alpha value is -1.26. The lowest BCUT2D eigenvalue weighted by atomic mass is 9.86. The molecule has 1 heterocycles. The van der Waals surface area contributed by atoms with Crippen molar-refractivity contribution < 1.29 is 14.7 Å². The third-order valence-corrected chi connectivity index (χ3v) is 4.68. The van der Waals surface area contributed by atoms with Crippen LogP contribution in [0, 0.1) is 5.92 Å². The highest BCUT2D eigenvalue weighted by Crippen LogP contribution is 2.27. The summed E-state index contributed by atoms with van der Waals surface area (Å²) >= 11 is 0. The monoisotopic (exact) mass is 282 g/mol. The minimum atomic E-state index is -0.977. The summed E-state index contributed by atoms with van der Waals surface area (Å²) < 4.78 is 0. The molecule has 1 aliphatic carbocycles. The molecule has 2 amide bonds. The van der Waals surface area contributed by atoms with E-state index >= 15 is 0 Å². The van der Waals surface area contributed by atoms with Gasteiger partial charge in [0.15, 0.2) is 0 Å². The van der Waals surface area contributed by atoms with Gasteiger partial charge in [-0.1, -0.05) is 44.9 Å². The van der Waals surface area contributed by atoms with Gasteiger partial charge in [0.2, 0.25) is 5.91 Å². The van der Waals surface area contributed by atoms with Gasteiger partial charge < -0.3 is 10.4 Å². The van der Waals surface area contributed by atoms with E-state index < -0.39 is 12.1 Å². The SMILES string of the molecule is C[C@H]1NC(=O)[C@@H]1N(CCCCC1CCCCC1)C(=O)O. The first kappa shape index (κ1) is 15.1. The van der Waals surface area contributed by atoms with E-state index in [0.717, 1.165) is 18.8 Å². The molecule has 2 rings (SSSR count). The molecule has 2 aliphatic rings. The predicted octanol–water partition coefficient (Wildman–Crippen LogP) is 2.60. The highest BCUT2D eigenvalue weighted by atomic mass is 16.4. The van der Waals surface area contributed by atoms with Crippen molar-refractivity contribution in [1.29, 1.82) is 0 Å². The Labute approximate surface area is 120 Å². The van der Waals surface area contributed by atoms with Gasteiger partial charge in [-0.05, 0) is 19.3 Å². The van der Waals surface area contributed by atoms with E-state index in [1.165, 1.54) is 43.4 Å². The maximum Gasteiger partial charge on any atom is 0.408 e. The molecule has 20 heavy (non-hydrogen) atoms. The van der Waals surface area contributed by atoms with Crippen LogP contribution in [0.1, 0.15) is 58.3 Å². The molecule has 0 spiro atoms. The number of carboxylic acid groups (broad SMARTS) is 1. The van der Waals surface area contributed by atoms with Crippen molar-refractivity contribution in [2.24, 2.45) is 5.92 Å². The van der Waals surface area contributed by atoms with Crippen LogP contribution in [0.2, 0.25) is 0 Å². The van der Waals surface area contributed by atoms with E-state index in [-0.39, 0.29) is 11.9 Å². The van der Waals surface area contributed by atoms with Gasteiger partial charge in [-0.2, -0.15) is 0 Å². The quantitative estimate of drug-likeness (QED) is 0.581. The van der Waals surface area contributed by atoms with Crippen LogP contribution < -0.4 is 5.32 Å². The number of carbonyl (C=O) groups is 2. The highest BCUT2D eigenvalue weighted by molar-refractivity contribution is 5.91. The van der Waals surface area contributed by atoms with Gasteiger partial charge in [0.1, 0.15) is 6.04 Å². The third-order valence-electron chi connectivity index (χ3n) is 4.68. The number of hydrogen-bond acceptors (Lipinski definition) is 2. The van der Waals surface area contributed by atoms with Crippen LogP contribution in [0.15, 0.2) is 0 Å². The van der Waals surface area contributed by atoms with Gasteiger partial charge in [0, 0.05) is 6.54 Å². The van der Waals surface area contributed by atoms with Crippen LogP contribution in [0.4, 0.5) is 4.79 Å².